The van der Waals surface area contributed by atoms with E-state index in [1.807, 2.05) is 24.3 Å². The quantitative estimate of drug-likeness (QED) is 0.844. The van der Waals surface area contributed by atoms with Crippen molar-refractivity contribution in [3.05, 3.63) is 24.3 Å². The van der Waals surface area contributed by atoms with E-state index < -0.39 is 0 Å². The summed E-state index contributed by atoms with van der Waals surface area (Å²) in [5.74, 6) is 2.64. The lowest BCUT2D eigenvalue weighted by Crippen LogP contribution is -2.38. The number of carbonyl (C=O) groups excluding carboxylic acids is 2. The first-order valence-electron chi connectivity index (χ1n) is 9.05. The maximum atomic E-state index is 12.5. The SMILES string of the molecule is O=C(NCCCC(=O)N1CCOc2ccccc21)C1[C@@H]2CCC[C@@H]12. The second-order valence-electron chi connectivity index (χ2n) is 7.04. The van der Waals surface area contributed by atoms with E-state index in [0.717, 1.165) is 11.4 Å². The number of hydrogen-bond acceptors (Lipinski definition) is 3. The Labute approximate surface area is 142 Å². The van der Waals surface area contributed by atoms with Crippen LogP contribution in [0.5, 0.6) is 5.75 Å². The second-order valence-corrected chi connectivity index (χ2v) is 7.04. The van der Waals surface area contributed by atoms with Crippen molar-refractivity contribution in [2.24, 2.45) is 17.8 Å². The summed E-state index contributed by atoms with van der Waals surface area (Å²) in [6.07, 6.45) is 4.86. The summed E-state index contributed by atoms with van der Waals surface area (Å²) in [6.45, 7) is 1.71. The van der Waals surface area contributed by atoms with Gasteiger partial charge in [0.2, 0.25) is 11.8 Å². The largest absolute Gasteiger partial charge is 0.490 e. The highest BCUT2D eigenvalue weighted by atomic mass is 16.5. The Morgan fingerprint density at radius 3 is 2.83 bits per heavy atom. The van der Waals surface area contributed by atoms with Crippen molar-refractivity contribution in [2.75, 3.05) is 24.6 Å². The highest BCUT2D eigenvalue weighted by molar-refractivity contribution is 5.95. The Hall–Kier alpha value is -2.04. The van der Waals surface area contributed by atoms with Crippen molar-refractivity contribution in [2.45, 2.75) is 32.1 Å². The van der Waals surface area contributed by atoms with Crippen molar-refractivity contribution in [3.8, 4) is 5.75 Å². The first kappa shape index (κ1) is 15.5. The smallest absolute Gasteiger partial charge is 0.227 e. The summed E-state index contributed by atoms with van der Waals surface area (Å²) >= 11 is 0. The van der Waals surface area contributed by atoms with Gasteiger partial charge in [-0.25, -0.2) is 0 Å². The van der Waals surface area contributed by atoms with Crippen molar-refractivity contribution < 1.29 is 14.3 Å². The number of nitrogens with one attached hydrogen (secondary N) is 1. The van der Waals surface area contributed by atoms with Gasteiger partial charge in [0, 0.05) is 18.9 Å². The van der Waals surface area contributed by atoms with Gasteiger partial charge in [0.05, 0.1) is 12.2 Å². The molecule has 0 bridgehead atoms. The lowest BCUT2D eigenvalue weighted by molar-refractivity contribution is -0.123. The zero-order valence-electron chi connectivity index (χ0n) is 13.9. The fourth-order valence-corrected chi connectivity index (χ4v) is 4.34. The number of nitrogens with zero attached hydrogens (tertiary/aromatic N) is 1. The fraction of sp³-hybridized carbons (Fsp3) is 0.579. The zero-order chi connectivity index (χ0) is 16.5. The van der Waals surface area contributed by atoms with Crippen LogP contribution in [0, 0.1) is 17.8 Å². The van der Waals surface area contributed by atoms with Crippen LogP contribution in [-0.4, -0.2) is 31.5 Å². The molecule has 24 heavy (non-hydrogen) atoms. The molecular weight excluding hydrogens is 304 g/mol. The molecule has 0 saturated heterocycles. The fourth-order valence-electron chi connectivity index (χ4n) is 4.34. The maximum Gasteiger partial charge on any atom is 0.227 e. The lowest BCUT2D eigenvalue weighted by atomic mass is 10.1. The molecule has 2 aliphatic carbocycles. The van der Waals surface area contributed by atoms with Crippen LogP contribution in [0.4, 0.5) is 5.69 Å². The molecule has 2 fully saturated rings. The van der Waals surface area contributed by atoms with Crippen LogP contribution >= 0.6 is 0 Å². The molecule has 5 nitrogen and oxygen atoms in total. The minimum Gasteiger partial charge on any atom is -0.490 e. The Morgan fingerprint density at radius 1 is 1.21 bits per heavy atom. The number of para-hydroxylation sites is 2. The van der Waals surface area contributed by atoms with Crippen LogP contribution in [-0.2, 0) is 9.59 Å². The monoisotopic (exact) mass is 328 g/mol. The summed E-state index contributed by atoms with van der Waals surface area (Å²) in [5, 5.41) is 3.02. The summed E-state index contributed by atoms with van der Waals surface area (Å²) in [6, 6.07) is 7.64. The van der Waals surface area contributed by atoms with Crippen molar-refractivity contribution in [1.82, 2.24) is 5.32 Å². The molecule has 128 valence electrons. The summed E-state index contributed by atoms with van der Waals surface area (Å²) in [4.78, 5) is 26.4. The Morgan fingerprint density at radius 2 is 2.00 bits per heavy atom. The molecule has 4 rings (SSSR count). The third-order valence-corrected chi connectivity index (χ3v) is 5.61. The molecule has 1 heterocycles. The van der Waals surface area contributed by atoms with E-state index in [9.17, 15) is 9.59 Å². The molecular formula is C19H24N2O3. The van der Waals surface area contributed by atoms with Crippen LogP contribution in [0.1, 0.15) is 32.1 Å². The third-order valence-electron chi connectivity index (χ3n) is 5.61. The number of anilines is 1. The molecule has 0 spiro atoms. The molecule has 2 atom stereocenters. The van der Waals surface area contributed by atoms with Gasteiger partial charge < -0.3 is 15.0 Å². The van der Waals surface area contributed by atoms with Crippen LogP contribution < -0.4 is 15.0 Å². The number of ether oxygens (including phenoxy) is 1. The van der Waals surface area contributed by atoms with Gasteiger partial charge in [-0.3, -0.25) is 9.59 Å². The zero-order valence-corrected chi connectivity index (χ0v) is 13.9. The maximum absolute atomic E-state index is 12.5. The number of fused-ring (bicyclic) bond motifs is 2. The molecule has 1 N–H and O–H groups in total. The Bertz CT molecular complexity index is 635. The van der Waals surface area contributed by atoms with Gasteiger partial charge in [-0.1, -0.05) is 18.6 Å². The molecule has 1 aliphatic heterocycles. The predicted molar refractivity (Wildman–Crippen MR) is 90.9 cm³/mol. The van der Waals surface area contributed by atoms with Crippen LogP contribution in [0.15, 0.2) is 24.3 Å². The minimum absolute atomic E-state index is 0.100. The number of hydrogen-bond donors (Lipinski definition) is 1. The van der Waals surface area contributed by atoms with Crippen molar-refractivity contribution >= 4 is 17.5 Å². The highest BCUT2D eigenvalue weighted by Gasteiger charge is 2.56. The van der Waals surface area contributed by atoms with Crippen molar-refractivity contribution in [1.29, 1.82) is 0 Å². The van der Waals surface area contributed by atoms with E-state index in [2.05, 4.69) is 5.32 Å². The van der Waals surface area contributed by atoms with Crippen LogP contribution in [0.3, 0.4) is 0 Å². The van der Waals surface area contributed by atoms with Gasteiger partial charge in [0.25, 0.3) is 0 Å². The molecule has 0 aromatic heterocycles. The van der Waals surface area contributed by atoms with Gasteiger partial charge in [-0.2, -0.15) is 0 Å². The van der Waals surface area contributed by atoms with E-state index in [1.54, 1.807) is 4.90 Å². The van der Waals surface area contributed by atoms with Gasteiger partial charge in [0.1, 0.15) is 12.4 Å². The summed E-state index contributed by atoms with van der Waals surface area (Å²) < 4.78 is 5.58. The van der Waals surface area contributed by atoms with E-state index in [4.69, 9.17) is 4.74 Å². The number of carbonyl (C=O) groups is 2. The molecule has 1 aromatic rings. The van der Waals surface area contributed by atoms with Gasteiger partial charge in [-0.15, -0.1) is 0 Å². The second kappa shape index (κ2) is 6.46. The molecule has 0 unspecified atom stereocenters. The van der Waals surface area contributed by atoms with E-state index in [-0.39, 0.29) is 17.7 Å². The van der Waals surface area contributed by atoms with Crippen LogP contribution in [0.2, 0.25) is 0 Å². The topological polar surface area (TPSA) is 58.6 Å². The molecule has 2 amide bonds. The van der Waals surface area contributed by atoms with E-state index >= 15 is 0 Å². The first-order valence-corrected chi connectivity index (χ1v) is 9.05. The summed E-state index contributed by atoms with van der Waals surface area (Å²) in [7, 11) is 0. The lowest BCUT2D eigenvalue weighted by Gasteiger charge is -2.29. The van der Waals surface area contributed by atoms with E-state index in [1.165, 1.54) is 19.3 Å². The normalized spacial score (nSPS) is 27.0. The molecule has 1 aromatic carbocycles. The van der Waals surface area contributed by atoms with Gasteiger partial charge in [-0.05, 0) is 43.2 Å². The summed E-state index contributed by atoms with van der Waals surface area (Å²) in [5.41, 5.74) is 0.851. The molecule has 5 heteroatoms. The molecule has 3 aliphatic rings. The first-order chi connectivity index (χ1) is 11.8. The minimum atomic E-state index is 0.100. The van der Waals surface area contributed by atoms with Crippen LogP contribution in [0.25, 0.3) is 0 Å². The standard InChI is InChI=1S/C19H24N2O3/c22-17(21-11-12-24-16-8-2-1-7-15(16)21)9-4-10-20-19(23)18-13-5-3-6-14(13)18/h1-2,7-8,13-14,18H,3-6,9-12H2,(H,20,23)/t13-,14-/m1/s1. The number of amides is 2. The van der Waals surface area contributed by atoms with Gasteiger partial charge in [0.15, 0.2) is 0 Å². The molecule has 2 saturated carbocycles. The van der Waals surface area contributed by atoms with Gasteiger partial charge >= 0.3 is 0 Å². The average Bonchev–Trinajstić information content (AvgIpc) is 3.10. The highest BCUT2D eigenvalue weighted by Crippen LogP contribution is 2.57. The van der Waals surface area contributed by atoms with Crippen molar-refractivity contribution in [3.63, 3.8) is 0 Å². The number of rotatable bonds is 5. The third kappa shape index (κ3) is 2.87. The average molecular weight is 328 g/mol. The number of benzene rings is 1. The van der Waals surface area contributed by atoms with E-state index in [0.29, 0.717) is 44.4 Å². The Balaban J connectivity index is 1.22. The predicted octanol–water partition coefficient (Wildman–Crippen LogP) is 2.35. The molecule has 0 radical (unpaired) electrons. The Kier molecular flexibility index (Phi) is 4.17.